The van der Waals surface area contributed by atoms with Gasteiger partial charge in [0.15, 0.2) is 0 Å². The Morgan fingerprint density at radius 2 is 2.06 bits per heavy atom. The van der Waals surface area contributed by atoms with E-state index in [4.69, 9.17) is 0 Å². The summed E-state index contributed by atoms with van der Waals surface area (Å²) in [7, 11) is 0. The second-order valence-electron chi connectivity index (χ2n) is 4.36. The second kappa shape index (κ2) is 5.47. The molecule has 0 aliphatic carbocycles. The quantitative estimate of drug-likeness (QED) is 0.772. The van der Waals surface area contributed by atoms with Crippen LogP contribution in [0, 0.1) is 5.92 Å². The molecule has 0 saturated carbocycles. The molecule has 2 bridgehead atoms. The molecule has 2 aliphatic heterocycles. The average Bonchev–Trinajstić information content (AvgIpc) is 2.20. The number of hydrogen-bond donors (Lipinski definition) is 1. The summed E-state index contributed by atoms with van der Waals surface area (Å²) < 4.78 is 1.96. The standard InChI is InChI=1S/C11H14N2O.2BrH/c14-11-3-1-2-10-9-4-8(5-12-6-9)7-13(10)11;;/h1-3,8-9,12H,4-7H2;2*1H/t8-,9+;;/m1../s1. The third-order valence-electron chi connectivity index (χ3n) is 3.38. The van der Waals surface area contributed by atoms with Gasteiger partial charge in [-0.25, -0.2) is 0 Å². The van der Waals surface area contributed by atoms with Gasteiger partial charge in [0.25, 0.3) is 5.56 Å². The van der Waals surface area contributed by atoms with Gasteiger partial charge >= 0.3 is 0 Å². The highest BCUT2D eigenvalue weighted by Gasteiger charge is 2.30. The molecule has 3 nitrogen and oxygen atoms in total. The third kappa shape index (κ3) is 2.26. The number of aromatic nitrogens is 1. The molecule has 0 radical (unpaired) electrons. The normalized spacial score (nSPS) is 26.0. The summed E-state index contributed by atoms with van der Waals surface area (Å²) in [5.41, 5.74) is 1.39. The summed E-state index contributed by atoms with van der Waals surface area (Å²) in [5.74, 6) is 1.21. The Labute approximate surface area is 116 Å². The fourth-order valence-corrected chi connectivity index (χ4v) is 2.74. The number of pyridine rings is 1. The van der Waals surface area contributed by atoms with Gasteiger partial charge < -0.3 is 9.88 Å². The zero-order valence-electron chi connectivity index (χ0n) is 8.89. The molecule has 0 unspecified atom stereocenters. The Morgan fingerprint density at radius 3 is 2.88 bits per heavy atom. The molecule has 3 heterocycles. The number of piperidine rings is 1. The van der Waals surface area contributed by atoms with Crippen LogP contribution in [0.4, 0.5) is 0 Å². The molecule has 1 N–H and O–H groups in total. The Hall–Kier alpha value is -0.130. The molecule has 3 rings (SSSR count). The molecule has 1 fully saturated rings. The van der Waals surface area contributed by atoms with Crippen molar-refractivity contribution in [2.75, 3.05) is 13.1 Å². The van der Waals surface area contributed by atoms with Crippen molar-refractivity contribution in [2.24, 2.45) is 5.92 Å². The van der Waals surface area contributed by atoms with Crippen molar-refractivity contribution in [3.63, 3.8) is 0 Å². The Kier molecular flexibility index (Phi) is 4.76. The molecular weight excluding hydrogens is 336 g/mol. The van der Waals surface area contributed by atoms with Gasteiger partial charge in [-0.05, 0) is 24.9 Å². The van der Waals surface area contributed by atoms with Gasteiger partial charge in [-0.3, -0.25) is 4.79 Å². The lowest BCUT2D eigenvalue weighted by Gasteiger charge is -2.37. The number of halogens is 2. The van der Waals surface area contributed by atoms with Crippen LogP contribution in [0.3, 0.4) is 0 Å². The summed E-state index contributed by atoms with van der Waals surface area (Å²) in [6.07, 6.45) is 1.25. The summed E-state index contributed by atoms with van der Waals surface area (Å²) in [6.45, 7) is 3.00. The van der Waals surface area contributed by atoms with Gasteiger partial charge in [0, 0.05) is 30.8 Å². The van der Waals surface area contributed by atoms with Crippen LogP contribution in [-0.2, 0) is 6.54 Å². The van der Waals surface area contributed by atoms with E-state index in [1.165, 1.54) is 12.1 Å². The van der Waals surface area contributed by atoms with Crippen molar-refractivity contribution in [3.05, 3.63) is 34.2 Å². The maximum Gasteiger partial charge on any atom is 0.250 e. The number of nitrogens with one attached hydrogen (secondary N) is 1. The first-order valence-corrected chi connectivity index (χ1v) is 5.25. The van der Waals surface area contributed by atoms with Crippen LogP contribution in [0.15, 0.2) is 23.0 Å². The minimum absolute atomic E-state index is 0. The molecule has 16 heavy (non-hydrogen) atoms. The minimum atomic E-state index is 0. The predicted molar refractivity (Wildman–Crippen MR) is 75.1 cm³/mol. The van der Waals surface area contributed by atoms with Crippen LogP contribution in [0.25, 0.3) is 0 Å². The van der Waals surface area contributed by atoms with Gasteiger partial charge in [0.1, 0.15) is 0 Å². The molecule has 90 valence electrons. The van der Waals surface area contributed by atoms with Gasteiger partial charge in [-0.2, -0.15) is 0 Å². The molecule has 0 amide bonds. The monoisotopic (exact) mass is 350 g/mol. The number of fused-ring (bicyclic) bond motifs is 4. The summed E-state index contributed by atoms with van der Waals surface area (Å²) in [5, 5.41) is 3.43. The van der Waals surface area contributed by atoms with E-state index in [9.17, 15) is 4.79 Å². The lowest BCUT2D eigenvalue weighted by atomic mass is 9.84. The predicted octanol–water partition coefficient (Wildman–Crippen LogP) is 1.71. The van der Waals surface area contributed by atoms with Crippen molar-refractivity contribution in [1.82, 2.24) is 9.88 Å². The van der Waals surface area contributed by atoms with E-state index >= 15 is 0 Å². The lowest BCUT2D eigenvalue weighted by molar-refractivity contribution is 0.257. The minimum Gasteiger partial charge on any atom is -0.316 e. The molecule has 1 aromatic heterocycles. The van der Waals surface area contributed by atoms with Gasteiger partial charge in [0.2, 0.25) is 0 Å². The van der Waals surface area contributed by atoms with Crippen molar-refractivity contribution >= 4 is 34.0 Å². The zero-order valence-corrected chi connectivity index (χ0v) is 12.3. The first-order chi connectivity index (χ1) is 6.84. The summed E-state index contributed by atoms with van der Waals surface area (Å²) in [6, 6.07) is 5.64. The van der Waals surface area contributed by atoms with E-state index in [0.29, 0.717) is 11.8 Å². The maximum absolute atomic E-state index is 11.6. The molecule has 2 aliphatic rings. The highest BCUT2D eigenvalue weighted by Crippen LogP contribution is 2.31. The molecule has 0 spiro atoms. The highest BCUT2D eigenvalue weighted by atomic mass is 79.9. The van der Waals surface area contributed by atoms with E-state index in [2.05, 4.69) is 11.4 Å². The molecule has 1 aromatic rings. The van der Waals surface area contributed by atoms with Gasteiger partial charge in [-0.1, -0.05) is 6.07 Å². The van der Waals surface area contributed by atoms with Crippen molar-refractivity contribution in [1.29, 1.82) is 0 Å². The molecular formula is C11H16Br2N2O. The first-order valence-electron chi connectivity index (χ1n) is 5.25. The second-order valence-corrected chi connectivity index (χ2v) is 4.36. The Bertz CT molecular complexity index is 419. The van der Waals surface area contributed by atoms with Crippen LogP contribution >= 0.6 is 34.0 Å². The van der Waals surface area contributed by atoms with Crippen LogP contribution in [0.5, 0.6) is 0 Å². The van der Waals surface area contributed by atoms with Gasteiger partial charge in [-0.15, -0.1) is 34.0 Å². The molecule has 5 heteroatoms. The highest BCUT2D eigenvalue weighted by molar-refractivity contribution is 8.93. The van der Waals surface area contributed by atoms with E-state index in [0.717, 1.165) is 19.6 Å². The fraction of sp³-hybridized carbons (Fsp3) is 0.545. The SMILES string of the molecule is Br.Br.O=c1cccc2n1C[C@H]1CNC[C@@H]2C1. The van der Waals surface area contributed by atoms with Crippen LogP contribution in [-0.4, -0.2) is 17.7 Å². The molecule has 0 aromatic carbocycles. The van der Waals surface area contributed by atoms with Gasteiger partial charge in [0.05, 0.1) is 0 Å². The van der Waals surface area contributed by atoms with Crippen molar-refractivity contribution in [3.8, 4) is 0 Å². The average molecular weight is 352 g/mol. The van der Waals surface area contributed by atoms with E-state index in [-0.39, 0.29) is 39.5 Å². The smallest absolute Gasteiger partial charge is 0.250 e. The summed E-state index contributed by atoms with van der Waals surface area (Å²) in [4.78, 5) is 11.6. The largest absolute Gasteiger partial charge is 0.316 e. The van der Waals surface area contributed by atoms with Crippen LogP contribution < -0.4 is 10.9 Å². The van der Waals surface area contributed by atoms with Crippen molar-refractivity contribution < 1.29 is 0 Å². The summed E-state index contributed by atoms with van der Waals surface area (Å²) >= 11 is 0. The third-order valence-corrected chi connectivity index (χ3v) is 3.38. The Morgan fingerprint density at radius 1 is 1.25 bits per heavy atom. The van der Waals surface area contributed by atoms with Crippen LogP contribution in [0.2, 0.25) is 0 Å². The first kappa shape index (κ1) is 13.9. The topological polar surface area (TPSA) is 34.0 Å². The maximum atomic E-state index is 11.6. The van der Waals surface area contributed by atoms with Crippen LogP contribution in [0.1, 0.15) is 18.0 Å². The van der Waals surface area contributed by atoms with E-state index in [1.807, 2.05) is 10.6 Å². The van der Waals surface area contributed by atoms with Crippen molar-refractivity contribution in [2.45, 2.75) is 18.9 Å². The number of hydrogen-bond acceptors (Lipinski definition) is 2. The number of nitrogens with zero attached hydrogens (tertiary/aromatic N) is 1. The Balaban J connectivity index is 0.000000640. The molecule has 1 saturated heterocycles. The van der Waals surface area contributed by atoms with E-state index in [1.54, 1.807) is 6.07 Å². The number of rotatable bonds is 0. The molecule has 2 atom stereocenters. The lowest BCUT2D eigenvalue weighted by Crippen LogP contribution is -2.44. The fourth-order valence-electron chi connectivity index (χ4n) is 2.74. The zero-order chi connectivity index (χ0) is 9.54. The van der Waals surface area contributed by atoms with E-state index < -0.39 is 0 Å².